The van der Waals surface area contributed by atoms with Crippen LogP contribution in [0.1, 0.15) is 18.4 Å². The second-order valence-electron chi connectivity index (χ2n) is 7.52. The molecule has 34 heavy (non-hydrogen) atoms. The Balaban J connectivity index is 2.25. The molecule has 1 aromatic carbocycles. The summed E-state index contributed by atoms with van der Waals surface area (Å²) in [5.41, 5.74) is 7.01. The van der Waals surface area contributed by atoms with Crippen LogP contribution in [0.2, 0.25) is 0 Å². The maximum atomic E-state index is 13.1. The zero-order chi connectivity index (χ0) is 25.3. The van der Waals surface area contributed by atoms with Crippen molar-refractivity contribution in [2.75, 3.05) is 13.2 Å². The fourth-order valence-electron chi connectivity index (χ4n) is 3.19. The number of aromatic nitrogens is 1. The van der Waals surface area contributed by atoms with Gasteiger partial charge in [-0.15, -0.1) is 0 Å². The number of aliphatic hydroxyl groups is 1. The maximum Gasteiger partial charge on any atom is 0.322 e. The van der Waals surface area contributed by atoms with Gasteiger partial charge in [-0.25, -0.2) is 0 Å². The van der Waals surface area contributed by atoms with Gasteiger partial charge in [0.2, 0.25) is 17.7 Å². The van der Waals surface area contributed by atoms with Crippen molar-refractivity contribution in [1.82, 2.24) is 20.9 Å². The molecule has 0 saturated carbocycles. The number of H-pyrrole nitrogens is 1. The second-order valence-corrected chi connectivity index (χ2v) is 7.52. The monoisotopic (exact) mass is 477 g/mol. The number of nitrogens with one attached hydrogen (secondary N) is 4. The number of aliphatic carboxylic acids is 2. The van der Waals surface area contributed by atoms with Crippen LogP contribution in [0, 0.1) is 0 Å². The minimum atomic E-state index is -1.36. The number of hydrogen-bond donors (Lipinski definition) is 8. The number of para-hydroxylation sites is 1. The molecule has 13 nitrogen and oxygen atoms in total. The first kappa shape index (κ1) is 26.3. The third-order valence-corrected chi connectivity index (χ3v) is 4.96. The highest BCUT2D eigenvalue weighted by molar-refractivity contribution is 5.94. The lowest BCUT2D eigenvalue weighted by Gasteiger charge is -2.23. The number of benzene rings is 1. The van der Waals surface area contributed by atoms with Gasteiger partial charge >= 0.3 is 11.9 Å². The Bertz CT molecular complexity index is 1050. The molecule has 0 spiro atoms. The van der Waals surface area contributed by atoms with Gasteiger partial charge in [0.1, 0.15) is 24.7 Å². The molecule has 0 aliphatic heterocycles. The predicted octanol–water partition coefficient (Wildman–Crippen LogP) is -1.93. The minimum absolute atomic E-state index is 0.0118. The molecule has 0 fully saturated rings. The number of carbonyl (C=O) groups excluding carboxylic acids is 3. The largest absolute Gasteiger partial charge is 0.481 e. The number of carboxylic acids is 2. The molecule has 0 radical (unpaired) electrons. The average molecular weight is 477 g/mol. The molecule has 13 heteroatoms. The van der Waals surface area contributed by atoms with Crippen LogP contribution in [0.3, 0.4) is 0 Å². The van der Waals surface area contributed by atoms with Crippen molar-refractivity contribution in [1.29, 1.82) is 0 Å². The highest BCUT2D eigenvalue weighted by Crippen LogP contribution is 2.19. The molecule has 2 aromatic rings. The van der Waals surface area contributed by atoms with Gasteiger partial charge < -0.3 is 42.0 Å². The summed E-state index contributed by atoms with van der Waals surface area (Å²) in [6.45, 7) is -1.38. The first-order valence-corrected chi connectivity index (χ1v) is 10.4. The molecule has 3 unspecified atom stereocenters. The summed E-state index contributed by atoms with van der Waals surface area (Å²) in [5, 5.41) is 34.6. The molecule has 9 N–H and O–H groups in total. The number of aliphatic hydroxyl groups excluding tert-OH is 1. The zero-order valence-electron chi connectivity index (χ0n) is 18.1. The molecule has 0 aliphatic rings. The van der Waals surface area contributed by atoms with E-state index >= 15 is 0 Å². The summed E-state index contributed by atoms with van der Waals surface area (Å²) in [7, 11) is 0. The number of amides is 3. The van der Waals surface area contributed by atoms with Gasteiger partial charge in [-0.3, -0.25) is 24.0 Å². The van der Waals surface area contributed by atoms with E-state index in [0.717, 1.165) is 10.9 Å². The quantitative estimate of drug-likeness (QED) is 0.160. The van der Waals surface area contributed by atoms with Crippen LogP contribution < -0.4 is 21.7 Å². The van der Waals surface area contributed by atoms with E-state index < -0.39 is 67.4 Å². The van der Waals surface area contributed by atoms with E-state index in [1.807, 2.05) is 18.2 Å². The van der Waals surface area contributed by atoms with Crippen molar-refractivity contribution >= 4 is 40.6 Å². The fraction of sp³-hybridized carbons (Fsp3) is 0.381. The molecule has 1 heterocycles. The van der Waals surface area contributed by atoms with Crippen LogP contribution in [0.5, 0.6) is 0 Å². The third-order valence-electron chi connectivity index (χ3n) is 4.96. The average Bonchev–Trinajstić information content (AvgIpc) is 3.21. The first-order valence-electron chi connectivity index (χ1n) is 10.4. The molecular weight excluding hydrogens is 450 g/mol. The van der Waals surface area contributed by atoms with E-state index in [9.17, 15) is 24.0 Å². The number of fused-ring (bicyclic) bond motifs is 1. The summed E-state index contributed by atoms with van der Waals surface area (Å²) in [4.78, 5) is 62.5. The van der Waals surface area contributed by atoms with Crippen molar-refractivity contribution in [3.8, 4) is 0 Å². The Hall–Kier alpha value is -3.97. The predicted molar refractivity (Wildman–Crippen MR) is 118 cm³/mol. The van der Waals surface area contributed by atoms with Crippen LogP contribution >= 0.6 is 0 Å². The van der Waals surface area contributed by atoms with E-state index in [4.69, 9.17) is 21.1 Å². The smallest absolute Gasteiger partial charge is 0.322 e. The van der Waals surface area contributed by atoms with Gasteiger partial charge in [-0.2, -0.15) is 0 Å². The standard InChI is InChI=1S/C21H27N5O8/c22-13(10-27)19(32)26-16(7-11-8-23-14-4-2-1-3-12(11)14)21(34)25-15(5-6-17(28)29)20(33)24-9-18(30)31/h1-4,8,13,15-16,23,27H,5-7,9-10,22H2,(H,24,33)(H,25,34)(H,26,32)(H,28,29)(H,30,31). The Morgan fingerprint density at radius 1 is 0.941 bits per heavy atom. The molecule has 2 rings (SSSR count). The number of aromatic amines is 1. The number of carbonyl (C=O) groups is 5. The highest BCUT2D eigenvalue weighted by Gasteiger charge is 2.29. The third kappa shape index (κ3) is 7.56. The van der Waals surface area contributed by atoms with Crippen LogP contribution in [0.25, 0.3) is 10.9 Å². The number of hydrogen-bond acceptors (Lipinski definition) is 7. The number of carboxylic acid groups (broad SMARTS) is 2. The lowest BCUT2D eigenvalue weighted by molar-refractivity contribution is -0.140. The maximum absolute atomic E-state index is 13.1. The SMILES string of the molecule is NC(CO)C(=O)NC(Cc1c[nH]c2ccccc12)C(=O)NC(CCC(=O)O)C(=O)NCC(=O)O. The molecule has 0 aliphatic carbocycles. The normalized spacial score (nSPS) is 13.5. The number of rotatable bonds is 13. The van der Waals surface area contributed by atoms with Gasteiger partial charge in [0, 0.05) is 29.9 Å². The Morgan fingerprint density at radius 2 is 1.62 bits per heavy atom. The summed E-state index contributed by atoms with van der Waals surface area (Å²) in [6, 6.07) is 3.36. The fourth-order valence-corrected chi connectivity index (χ4v) is 3.19. The molecule has 1 aromatic heterocycles. The van der Waals surface area contributed by atoms with Gasteiger partial charge in [0.15, 0.2) is 0 Å². The molecular formula is C21H27N5O8. The van der Waals surface area contributed by atoms with E-state index in [1.165, 1.54) is 0 Å². The van der Waals surface area contributed by atoms with Crippen molar-refractivity contribution in [2.45, 2.75) is 37.4 Å². The van der Waals surface area contributed by atoms with Crippen molar-refractivity contribution < 1.29 is 39.3 Å². The molecule has 0 saturated heterocycles. The lowest BCUT2D eigenvalue weighted by Crippen LogP contribution is -2.57. The summed E-state index contributed by atoms with van der Waals surface area (Å²) in [5.74, 6) is -5.05. The van der Waals surface area contributed by atoms with E-state index in [1.54, 1.807) is 12.3 Å². The van der Waals surface area contributed by atoms with Crippen LogP contribution in [-0.4, -0.2) is 81.2 Å². The van der Waals surface area contributed by atoms with Crippen molar-refractivity contribution in [3.63, 3.8) is 0 Å². The van der Waals surface area contributed by atoms with Crippen molar-refractivity contribution in [2.24, 2.45) is 5.73 Å². The summed E-state index contributed by atoms with van der Waals surface area (Å²) in [6.07, 6.45) is 0.864. The van der Waals surface area contributed by atoms with Crippen LogP contribution in [0.4, 0.5) is 0 Å². The summed E-state index contributed by atoms with van der Waals surface area (Å²) >= 11 is 0. The van der Waals surface area contributed by atoms with E-state index in [2.05, 4.69) is 20.9 Å². The molecule has 0 bridgehead atoms. The van der Waals surface area contributed by atoms with Crippen molar-refractivity contribution in [3.05, 3.63) is 36.0 Å². The molecule has 184 valence electrons. The Labute approximate surface area is 193 Å². The molecule has 3 atom stereocenters. The first-order chi connectivity index (χ1) is 16.1. The van der Waals surface area contributed by atoms with Gasteiger partial charge in [0.05, 0.1) is 6.61 Å². The van der Waals surface area contributed by atoms with E-state index in [0.29, 0.717) is 5.56 Å². The minimum Gasteiger partial charge on any atom is -0.481 e. The van der Waals surface area contributed by atoms with Gasteiger partial charge in [0.25, 0.3) is 0 Å². The van der Waals surface area contributed by atoms with E-state index in [-0.39, 0.29) is 12.8 Å². The lowest BCUT2D eigenvalue weighted by atomic mass is 10.0. The van der Waals surface area contributed by atoms with Crippen LogP contribution in [-0.2, 0) is 30.4 Å². The number of nitrogens with two attached hydrogens (primary N) is 1. The topological polar surface area (TPSA) is 224 Å². The molecule has 3 amide bonds. The van der Waals surface area contributed by atoms with Crippen LogP contribution in [0.15, 0.2) is 30.5 Å². The zero-order valence-corrected chi connectivity index (χ0v) is 18.1. The Kier molecular flexibility index (Phi) is 9.52. The Morgan fingerprint density at radius 3 is 2.26 bits per heavy atom. The second kappa shape index (κ2) is 12.3. The highest BCUT2D eigenvalue weighted by atomic mass is 16.4. The summed E-state index contributed by atoms with van der Waals surface area (Å²) < 4.78 is 0. The van der Waals surface area contributed by atoms with Gasteiger partial charge in [-0.05, 0) is 18.1 Å². The van der Waals surface area contributed by atoms with Gasteiger partial charge in [-0.1, -0.05) is 18.2 Å².